The summed E-state index contributed by atoms with van der Waals surface area (Å²) in [5, 5.41) is 7.46. The molecule has 0 bridgehead atoms. The minimum Gasteiger partial charge on any atom is -0.394 e. The number of nitrogens with two attached hydrogens (primary N) is 1. The number of anilines is 2. The summed E-state index contributed by atoms with van der Waals surface area (Å²) < 4.78 is 1.95. The van der Waals surface area contributed by atoms with Crippen molar-refractivity contribution in [2.24, 2.45) is 5.92 Å². The van der Waals surface area contributed by atoms with Gasteiger partial charge in [0.05, 0.1) is 23.3 Å². The smallest absolute Gasteiger partial charge is 0.225 e. The first-order valence-electron chi connectivity index (χ1n) is 7.00. The number of hydrogen-bond acceptors (Lipinski definition) is 4. The Balaban J connectivity index is 1.99. The molecule has 1 aromatic rings. The number of rotatable bonds is 2. The van der Waals surface area contributed by atoms with Gasteiger partial charge in [0.2, 0.25) is 5.91 Å². The number of hydrogen-bond donors (Lipinski definition) is 2. The van der Waals surface area contributed by atoms with Gasteiger partial charge in [0.25, 0.3) is 0 Å². The highest BCUT2D eigenvalue weighted by Gasteiger charge is 2.42. The van der Waals surface area contributed by atoms with E-state index < -0.39 is 0 Å². The van der Waals surface area contributed by atoms with E-state index in [1.165, 1.54) is 0 Å². The van der Waals surface area contributed by atoms with Gasteiger partial charge in [-0.05, 0) is 26.7 Å². The number of aromatic nitrogens is 2. The van der Waals surface area contributed by atoms with Gasteiger partial charge < -0.3 is 16.0 Å². The van der Waals surface area contributed by atoms with Crippen molar-refractivity contribution in [3.8, 4) is 0 Å². The van der Waals surface area contributed by atoms with Gasteiger partial charge in [-0.2, -0.15) is 5.10 Å². The van der Waals surface area contributed by atoms with Crippen molar-refractivity contribution < 1.29 is 4.79 Å². The minimum atomic E-state index is 0.105. The van der Waals surface area contributed by atoms with Crippen LogP contribution in [0.5, 0.6) is 0 Å². The molecule has 6 nitrogen and oxygen atoms in total. The van der Waals surface area contributed by atoms with Crippen LogP contribution >= 0.6 is 0 Å². The normalized spacial score (nSPS) is 26.4. The number of carbonyl (C=O) groups is 1. The van der Waals surface area contributed by atoms with Gasteiger partial charge in [0.15, 0.2) is 5.82 Å². The van der Waals surface area contributed by atoms with E-state index in [0.717, 1.165) is 49.7 Å². The molecule has 1 amide bonds. The Morgan fingerprint density at radius 1 is 1.53 bits per heavy atom. The molecule has 6 heteroatoms. The molecular weight excluding hydrogens is 242 g/mol. The maximum atomic E-state index is 11.8. The van der Waals surface area contributed by atoms with E-state index in [-0.39, 0.29) is 17.9 Å². The molecule has 3 rings (SSSR count). The second-order valence-corrected chi connectivity index (χ2v) is 5.39. The second-order valence-electron chi connectivity index (χ2n) is 5.39. The first-order valence-corrected chi connectivity index (χ1v) is 7.00. The maximum Gasteiger partial charge on any atom is 0.225 e. The van der Waals surface area contributed by atoms with Crippen LogP contribution in [-0.4, -0.2) is 34.8 Å². The molecule has 19 heavy (non-hydrogen) atoms. The van der Waals surface area contributed by atoms with Crippen molar-refractivity contribution in [3.63, 3.8) is 0 Å². The van der Waals surface area contributed by atoms with Crippen LogP contribution in [0.25, 0.3) is 0 Å². The summed E-state index contributed by atoms with van der Waals surface area (Å²) in [6, 6.07) is 0.227. The first kappa shape index (κ1) is 12.3. The highest BCUT2D eigenvalue weighted by molar-refractivity contribution is 5.83. The van der Waals surface area contributed by atoms with Gasteiger partial charge in [0, 0.05) is 19.6 Å². The predicted molar refractivity (Wildman–Crippen MR) is 73.9 cm³/mol. The number of piperidine rings is 1. The number of carbonyl (C=O) groups excluding carboxylic acids is 1. The summed E-state index contributed by atoms with van der Waals surface area (Å²) in [6.45, 7) is 6.46. The van der Waals surface area contributed by atoms with Crippen LogP contribution in [0.2, 0.25) is 0 Å². The number of nitrogen functional groups attached to an aromatic ring is 1. The molecule has 2 unspecified atom stereocenters. The summed E-state index contributed by atoms with van der Waals surface area (Å²) in [5.41, 5.74) is 7.82. The molecule has 104 valence electrons. The Hall–Kier alpha value is -1.72. The van der Waals surface area contributed by atoms with Gasteiger partial charge in [-0.25, -0.2) is 4.68 Å². The second kappa shape index (κ2) is 4.43. The van der Waals surface area contributed by atoms with Crippen LogP contribution in [0.1, 0.15) is 25.5 Å². The fourth-order valence-corrected chi connectivity index (χ4v) is 3.32. The number of amides is 1. The number of nitrogens with one attached hydrogen (secondary N) is 1. The van der Waals surface area contributed by atoms with E-state index in [2.05, 4.69) is 22.2 Å². The third kappa shape index (κ3) is 1.77. The molecule has 2 aliphatic heterocycles. The van der Waals surface area contributed by atoms with Crippen LogP contribution in [-0.2, 0) is 11.3 Å². The molecule has 3 N–H and O–H groups in total. The topological polar surface area (TPSA) is 76.2 Å². The van der Waals surface area contributed by atoms with Crippen molar-refractivity contribution in [2.45, 2.75) is 39.3 Å². The summed E-state index contributed by atoms with van der Waals surface area (Å²) in [7, 11) is 0. The Morgan fingerprint density at radius 2 is 2.32 bits per heavy atom. The van der Waals surface area contributed by atoms with Crippen molar-refractivity contribution in [1.29, 1.82) is 0 Å². The van der Waals surface area contributed by atoms with E-state index in [9.17, 15) is 4.79 Å². The zero-order valence-corrected chi connectivity index (χ0v) is 11.5. The number of aryl methyl sites for hydroxylation is 2. The van der Waals surface area contributed by atoms with Crippen LogP contribution in [0.15, 0.2) is 0 Å². The maximum absolute atomic E-state index is 11.8. The predicted octanol–water partition coefficient (Wildman–Crippen LogP) is 0.508. The Morgan fingerprint density at radius 3 is 3.05 bits per heavy atom. The third-order valence-corrected chi connectivity index (χ3v) is 4.32. The van der Waals surface area contributed by atoms with Gasteiger partial charge >= 0.3 is 0 Å². The van der Waals surface area contributed by atoms with E-state index in [0.29, 0.717) is 0 Å². The van der Waals surface area contributed by atoms with E-state index in [1.54, 1.807) is 0 Å². The number of fused-ring (bicyclic) bond motifs is 1. The molecule has 2 fully saturated rings. The molecule has 0 spiro atoms. The molecule has 2 atom stereocenters. The summed E-state index contributed by atoms with van der Waals surface area (Å²) in [6.07, 6.45) is 2.01. The largest absolute Gasteiger partial charge is 0.394 e. The monoisotopic (exact) mass is 263 g/mol. The molecule has 1 aromatic heterocycles. The molecule has 0 aromatic carbocycles. The zero-order chi connectivity index (χ0) is 13.6. The Kier molecular flexibility index (Phi) is 2.88. The molecule has 2 aliphatic rings. The Labute approximate surface area is 112 Å². The fourth-order valence-electron chi connectivity index (χ4n) is 3.32. The minimum absolute atomic E-state index is 0.105. The van der Waals surface area contributed by atoms with Gasteiger partial charge in [-0.3, -0.25) is 4.79 Å². The van der Waals surface area contributed by atoms with Crippen LogP contribution < -0.4 is 16.0 Å². The lowest BCUT2D eigenvalue weighted by Crippen LogP contribution is -2.46. The average Bonchev–Trinajstić information content (AvgIpc) is 2.92. The van der Waals surface area contributed by atoms with Gasteiger partial charge in [0.1, 0.15) is 0 Å². The lowest BCUT2D eigenvalue weighted by Gasteiger charge is -2.37. The number of nitrogens with zero attached hydrogens (tertiary/aromatic N) is 3. The lowest BCUT2D eigenvalue weighted by molar-refractivity contribution is -0.123. The fraction of sp³-hybridized carbons (Fsp3) is 0.692. The SMILES string of the molecule is CCn1nc(C)c(N)c1N1CCCC2C(=O)NCC21. The zero-order valence-electron chi connectivity index (χ0n) is 11.5. The average molecular weight is 263 g/mol. The van der Waals surface area contributed by atoms with Crippen molar-refractivity contribution in [3.05, 3.63) is 5.69 Å². The molecule has 0 saturated carbocycles. The van der Waals surface area contributed by atoms with E-state index >= 15 is 0 Å². The summed E-state index contributed by atoms with van der Waals surface area (Å²) >= 11 is 0. The molecule has 0 aliphatic carbocycles. The molecule has 3 heterocycles. The standard InChI is InChI=1S/C13H21N5O/c1-3-18-13(11(14)8(2)16-18)17-6-4-5-9-10(17)7-15-12(9)19/h9-10H,3-7,14H2,1-2H3,(H,15,19). The quantitative estimate of drug-likeness (QED) is 0.815. The van der Waals surface area contributed by atoms with Crippen LogP contribution in [0.3, 0.4) is 0 Å². The third-order valence-electron chi connectivity index (χ3n) is 4.32. The van der Waals surface area contributed by atoms with Crippen LogP contribution in [0, 0.1) is 12.8 Å². The van der Waals surface area contributed by atoms with Crippen molar-refractivity contribution in [2.75, 3.05) is 23.7 Å². The first-order chi connectivity index (χ1) is 9.13. The van der Waals surface area contributed by atoms with Crippen molar-refractivity contribution >= 4 is 17.4 Å². The van der Waals surface area contributed by atoms with E-state index in [4.69, 9.17) is 5.73 Å². The highest BCUT2D eigenvalue weighted by Crippen LogP contribution is 2.35. The lowest BCUT2D eigenvalue weighted by atomic mass is 9.91. The molecular formula is C13H21N5O. The highest BCUT2D eigenvalue weighted by atomic mass is 16.2. The molecule has 0 radical (unpaired) electrons. The summed E-state index contributed by atoms with van der Waals surface area (Å²) in [4.78, 5) is 14.1. The molecule has 2 saturated heterocycles. The van der Waals surface area contributed by atoms with Gasteiger partial charge in [-0.15, -0.1) is 0 Å². The Bertz CT molecular complexity index is 509. The van der Waals surface area contributed by atoms with Gasteiger partial charge in [-0.1, -0.05) is 0 Å². The van der Waals surface area contributed by atoms with E-state index in [1.807, 2.05) is 11.6 Å². The van der Waals surface area contributed by atoms with Crippen molar-refractivity contribution in [1.82, 2.24) is 15.1 Å². The summed E-state index contributed by atoms with van der Waals surface area (Å²) in [5.74, 6) is 1.28. The van der Waals surface area contributed by atoms with Crippen LogP contribution in [0.4, 0.5) is 11.5 Å².